The van der Waals surface area contributed by atoms with E-state index in [1.54, 1.807) is 18.2 Å². The second-order valence-corrected chi connectivity index (χ2v) is 8.10. The second-order valence-electron chi connectivity index (χ2n) is 5.99. The monoisotopic (exact) mass is 427 g/mol. The van der Waals surface area contributed by atoms with Crippen LogP contribution >= 0.6 is 11.6 Å². The van der Waals surface area contributed by atoms with Crippen molar-refractivity contribution in [1.29, 1.82) is 0 Å². The molecule has 0 unspecified atom stereocenters. The van der Waals surface area contributed by atoms with Crippen molar-refractivity contribution in [1.82, 2.24) is 3.97 Å². The third-order valence-corrected chi connectivity index (χ3v) is 6.32. The van der Waals surface area contributed by atoms with E-state index in [-0.39, 0.29) is 28.6 Å². The lowest BCUT2D eigenvalue weighted by atomic mass is 10.1. The number of halogens is 1. The van der Waals surface area contributed by atoms with E-state index in [9.17, 15) is 13.2 Å². The van der Waals surface area contributed by atoms with Gasteiger partial charge in [0.2, 0.25) is 0 Å². The molecule has 3 N–H and O–H groups in total. The van der Waals surface area contributed by atoms with Crippen LogP contribution < -0.4 is 10.5 Å². The summed E-state index contributed by atoms with van der Waals surface area (Å²) in [6.45, 7) is 3.69. The van der Waals surface area contributed by atoms with Crippen molar-refractivity contribution < 1.29 is 23.1 Å². The molecule has 2 rings (SSSR count). The average Bonchev–Trinajstić information content (AvgIpc) is 2.98. The number of aliphatic carboxylic acids is 1. The lowest BCUT2D eigenvalue weighted by Gasteiger charge is -2.12. The van der Waals surface area contributed by atoms with Crippen LogP contribution in [0.5, 0.6) is 5.75 Å². The molecule has 28 heavy (non-hydrogen) atoms. The van der Waals surface area contributed by atoms with Crippen molar-refractivity contribution in [2.45, 2.75) is 26.7 Å². The Morgan fingerprint density at radius 1 is 1.39 bits per heavy atom. The number of nitrogens with zero attached hydrogens (tertiary/aromatic N) is 2. The molecule has 8 nitrogen and oxygen atoms in total. The Morgan fingerprint density at radius 2 is 2.07 bits per heavy atom. The highest BCUT2D eigenvalue weighted by molar-refractivity contribution is 7.95. The Balaban J connectivity index is 2.76. The minimum absolute atomic E-state index is 0.00419. The zero-order chi connectivity index (χ0) is 21.1. The smallest absolute Gasteiger partial charge is 0.303 e. The normalized spacial score (nSPS) is 13.5. The molecule has 0 atom stereocenters. The molecule has 0 aliphatic rings. The maximum Gasteiger partial charge on any atom is 0.303 e. The van der Waals surface area contributed by atoms with E-state index in [1.807, 2.05) is 6.92 Å². The highest BCUT2D eigenvalue weighted by Gasteiger charge is 2.28. The summed E-state index contributed by atoms with van der Waals surface area (Å²) in [5, 5.41) is 9.35. The molecule has 0 saturated heterocycles. The first-order chi connectivity index (χ1) is 13.1. The molecule has 0 fully saturated rings. The van der Waals surface area contributed by atoms with E-state index in [4.69, 9.17) is 27.2 Å². The van der Waals surface area contributed by atoms with Gasteiger partial charge in [0.15, 0.2) is 0 Å². The predicted octanol–water partition coefficient (Wildman–Crippen LogP) is 2.69. The number of aromatic nitrogens is 1. The molecule has 1 heterocycles. The fourth-order valence-electron chi connectivity index (χ4n) is 2.81. The summed E-state index contributed by atoms with van der Waals surface area (Å²) in [6.07, 6.45) is 1.40. The van der Waals surface area contributed by atoms with Crippen molar-refractivity contribution in [2.24, 2.45) is 10.7 Å². The number of carbonyl (C=O) groups is 1. The Bertz CT molecular complexity index is 1070. The molecule has 1 aromatic carbocycles. The van der Waals surface area contributed by atoms with Crippen LogP contribution in [-0.2, 0) is 21.2 Å². The highest BCUT2D eigenvalue weighted by atomic mass is 35.5. The largest absolute Gasteiger partial charge is 0.494 e. The molecule has 10 heteroatoms. The van der Waals surface area contributed by atoms with Crippen LogP contribution in [0.25, 0.3) is 10.9 Å². The molecule has 0 aliphatic heterocycles. The molecule has 0 aliphatic carbocycles. The van der Waals surface area contributed by atoms with Crippen molar-refractivity contribution in [3.8, 4) is 5.75 Å². The van der Waals surface area contributed by atoms with Gasteiger partial charge in [-0.1, -0.05) is 11.6 Å². The maximum absolute atomic E-state index is 13.3. The van der Waals surface area contributed by atoms with Crippen molar-refractivity contribution in [3.05, 3.63) is 40.6 Å². The third kappa shape index (κ3) is 4.31. The zero-order valence-corrected chi connectivity index (χ0v) is 17.3. The fourth-order valence-corrected chi connectivity index (χ4v) is 4.85. The number of benzene rings is 1. The number of carboxylic acids is 1. The number of ether oxygens (including phenoxy) is 1. The van der Waals surface area contributed by atoms with Crippen LogP contribution in [0.3, 0.4) is 0 Å². The summed E-state index contributed by atoms with van der Waals surface area (Å²) >= 11 is 6.01. The standard InChI is InChI=1S/C18H22ClN3O5S/c1-4-27-13-6-7-15-14(9-13)12(5-8-16(23)24)10-22(15)28(25,26)17(11(2)20)18(19)21-3/h6-7,9-10H,4-5,8,20H2,1-3H3,(H,23,24). The topological polar surface area (TPSA) is 124 Å². The van der Waals surface area contributed by atoms with Gasteiger partial charge in [-0.3, -0.25) is 9.79 Å². The van der Waals surface area contributed by atoms with Gasteiger partial charge in [-0.2, -0.15) is 0 Å². The van der Waals surface area contributed by atoms with Gasteiger partial charge in [0.05, 0.1) is 12.1 Å². The minimum Gasteiger partial charge on any atom is -0.494 e. The van der Waals surface area contributed by atoms with Crippen LogP contribution in [-0.4, -0.2) is 42.3 Å². The van der Waals surface area contributed by atoms with Gasteiger partial charge in [-0.25, -0.2) is 12.4 Å². The highest BCUT2D eigenvalue weighted by Crippen LogP contribution is 2.31. The first-order valence-electron chi connectivity index (χ1n) is 8.46. The van der Waals surface area contributed by atoms with Crippen LogP contribution in [0.4, 0.5) is 0 Å². The van der Waals surface area contributed by atoms with Crippen LogP contribution in [0.1, 0.15) is 25.8 Å². The molecule has 0 radical (unpaired) electrons. The minimum atomic E-state index is -4.16. The number of hydrogen-bond donors (Lipinski definition) is 2. The molecule has 152 valence electrons. The van der Waals surface area contributed by atoms with Crippen LogP contribution in [0.2, 0.25) is 0 Å². The Kier molecular flexibility index (Phi) is 6.73. The quantitative estimate of drug-likeness (QED) is 0.624. The Labute approximate surface area is 168 Å². The lowest BCUT2D eigenvalue weighted by molar-refractivity contribution is -0.136. The first kappa shape index (κ1) is 21.8. The summed E-state index contributed by atoms with van der Waals surface area (Å²) in [7, 11) is -2.80. The number of nitrogens with two attached hydrogens (primary N) is 1. The molecule has 2 aromatic rings. The van der Waals surface area contributed by atoms with E-state index in [0.717, 1.165) is 3.97 Å². The number of allylic oxidation sites excluding steroid dienone is 2. The third-order valence-electron chi connectivity index (χ3n) is 4.00. The van der Waals surface area contributed by atoms with Crippen molar-refractivity contribution in [2.75, 3.05) is 13.7 Å². The van der Waals surface area contributed by atoms with Gasteiger partial charge in [0.1, 0.15) is 15.8 Å². The van der Waals surface area contributed by atoms with Gasteiger partial charge in [0, 0.05) is 30.7 Å². The van der Waals surface area contributed by atoms with E-state index in [0.29, 0.717) is 28.8 Å². The van der Waals surface area contributed by atoms with E-state index in [2.05, 4.69) is 4.99 Å². The number of aryl methyl sites for hydroxylation is 1. The SMILES string of the molecule is CCOc1ccc2c(c1)c(CCC(=O)O)cn2S(=O)(=O)C(C(Cl)=NC)=C(C)N. The van der Waals surface area contributed by atoms with Gasteiger partial charge in [-0.15, -0.1) is 0 Å². The number of fused-ring (bicyclic) bond motifs is 1. The van der Waals surface area contributed by atoms with Crippen LogP contribution in [0.15, 0.2) is 40.0 Å². The van der Waals surface area contributed by atoms with Crippen molar-refractivity contribution >= 4 is 43.7 Å². The molecule has 0 amide bonds. The fraction of sp³-hybridized carbons (Fsp3) is 0.333. The Hall–Kier alpha value is -2.52. The summed E-state index contributed by atoms with van der Waals surface area (Å²) in [5.74, 6) is -0.426. The summed E-state index contributed by atoms with van der Waals surface area (Å²) in [4.78, 5) is 14.4. The number of hydrogen-bond acceptors (Lipinski definition) is 6. The zero-order valence-electron chi connectivity index (χ0n) is 15.8. The first-order valence-corrected chi connectivity index (χ1v) is 10.3. The van der Waals surface area contributed by atoms with Gasteiger partial charge < -0.3 is 15.6 Å². The van der Waals surface area contributed by atoms with Gasteiger partial charge in [-0.05, 0) is 44.0 Å². The lowest BCUT2D eigenvalue weighted by Crippen LogP contribution is -2.21. The van der Waals surface area contributed by atoms with E-state index >= 15 is 0 Å². The molecule has 0 saturated carbocycles. The molecular weight excluding hydrogens is 406 g/mol. The molecule has 0 spiro atoms. The molecular formula is C18H22ClN3O5S. The number of carboxylic acid groups (broad SMARTS) is 1. The number of rotatable bonds is 8. The van der Waals surface area contributed by atoms with E-state index < -0.39 is 16.0 Å². The average molecular weight is 428 g/mol. The van der Waals surface area contributed by atoms with Gasteiger partial charge in [0.25, 0.3) is 10.0 Å². The molecule has 1 aromatic heterocycles. The number of aliphatic imine (C=N–C) groups is 1. The second kappa shape index (κ2) is 8.66. The maximum atomic E-state index is 13.3. The van der Waals surface area contributed by atoms with Crippen molar-refractivity contribution in [3.63, 3.8) is 0 Å². The van der Waals surface area contributed by atoms with E-state index in [1.165, 1.54) is 20.2 Å². The summed E-state index contributed by atoms with van der Waals surface area (Å²) in [5.41, 5.74) is 6.69. The Morgan fingerprint density at radius 3 is 2.61 bits per heavy atom. The van der Waals surface area contributed by atoms with Crippen LogP contribution in [0, 0.1) is 0 Å². The molecule has 0 bridgehead atoms. The summed E-state index contributed by atoms with van der Waals surface area (Å²) in [6, 6.07) is 4.94. The predicted molar refractivity (Wildman–Crippen MR) is 109 cm³/mol. The summed E-state index contributed by atoms with van der Waals surface area (Å²) < 4.78 is 33.1. The van der Waals surface area contributed by atoms with Gasteiger partial charge >= 0.3 is 5.97 Å².